The van der Waals surface area contributed by atoms with Crippen molar-refractivity contribution >= 4 is 21.8 Å². The fourth-order valence-corrected chi connectivity index (χ4v) is 4.64. The van der Waals surface area contributed by atoms with Crippen molar-refractivity contribution < 1.29 is 18.0 Å². The highest BCUT2D eigenvalue weighted by Gasteiger charge is 2.33. The third kappa shape index (κ3) is 4.81. The van der Waals surface area contributed by atoms with E-state index < -0.39 is 21.8 Å². The number of likely N-dealkylation sites (tertiary alicyclic amines) is 1. The van der Waals surface area contributed by atoms with Gasteiger partial charge in [0, 0.05) is 18.7 Å². The molecule has 1 aromatic carbocycles. The van der Waals surface area contributed by atoms with Crippen LogP contribution in [0.3, 0.4) is 0 Å². The zero-order valence-corrected chi connectivity index (χ0v) is 15.2. The maximum atomic E-state index is 12.6. The van der Waals surface area contributed by atoms with Gasteiger partial charge in [0.05, 0.1) is 11.7 Å². The van der Waals surface area contributed by atoms with Crippen molar-refractivity contribution in [3.05, 3.63) is 35.4 Å². The summed E-state index contributed by atoms with van der Waals surface area (Å²) in [6, 6.07) is 7.32. The van der Waals surface area contributed by atoms with Crippen LogP contribution in [-0.2, 0) is 14.8 Å². The Hall–Kier alpha value is -1.89. The standard InChI is InChI=1S/C18H24N2O4S/c1-13-4-8-15(9-5-13)18(22)20-10-2-3-16(11-20)17(21)19-25(23,24)12-14-6-7-14/h4-5,8-9,14,16H,2-3,6-7,10-12H2,1H3,(H,19,21). The quantitative estimate of drug-likeness (QED) is 0.862. The maximum Gasteiger partial charge on any atom is 0.253 e. The molecule has 1 saturated carbocycles. The highest BCUT2D eigenvalue weighted by Crippen LogP contribution is 2.30. The van der Waals surface area contributed by atoms with Gasteiger partial charge in [-0.2, -0.15) is 0 Å². The second-order valence-corrected chi connectivity index (χ2v) is 8.91. The van der Waals surface area contributed by atoms with E-state index >= 15 is 0 Å². The molecule has 2 aliphatic rings. The first-order valence-electron chi connectivity index (χ1n) is 8.74. The molecule has 1 aliphatic heterocycles. The van der Waals surface area contributed by atoms with Crippen molar-refractivity contribution in [2.75, 3.05) is 18.8 Å². The van der Waals surface area contributed by atoms with Crippen molar-refractivity contribution in [3.63, 3.8) is 0 Å². The van der Waals surface area contributed by atoms with E-state index in [1.807, 2.05) is 19.1 Å². The molecular weight excluding hydrogens is 340 g/mol. The molecule has 2 fully saturated rings. The van der Waals surface area contributed by atoms with E-state index in [0.29, 0.717) is 24.9 Å². The van der Waals surface area contributed by atoms with Gasteiger partial charge in [-0.05, 0) is 50.7 Å². The second-order valence-electron chi connectivity index (χ2n) is 7.15. The van der Waals surface area contributed by atoms with Crippen LogP contribution in [-0.4, -0.2) is 44.0 Å². The van der Waals surface area contributed by atoms with Crippen LogP contribution < -0.4 is 4.72 Å². The number of rotatable bonds is 5. The molecule has 1 aliphatic carbocycles. The molecule has 1 heterocycles. The molecule has 7 heteroatoms. The molecule has 0 spiro atoms. The number of nitrogens with zero attached hydrogens (tertiary/aromatic N) is 1. The fraction of sp³-hybridized carbons (Fsp3) is 0.556. The predicted molar refractivity (Wildman–Crippen MR) is 94.5 cm³/mol. The Morgan fingerprint density at radius 3 is 2.48 bits per heavy atom. The van der Waals surface area contributed by atoms with Crippen molar-refractivity contribution in [1.29, 1.82) is 0 Å². The molecule has 6 nitrogen and oxygen atoms in total. The molecule has 0 bridgehead atoms. The summed E-state index contributed by atoms with van der Waals surface area (Å²) in [6.07, 6.45) is 3.12. The smallest absolute Gasteiger partial charge is 0.253 e. The monoisotopic (exact) mass is 364 g/mol. The lowest BCUT2D eigenvalue weighted by molar-refractivity contribution is -0.124. The summed E-state index contributed by atoms with van der Waals surface area (Å²) in [5, 5.41) is 0. The lowest BCUT2D eigenvalue weighted by Crippen LogP contribution is -2.47. The number of amides is 2. The van der Waals surface area contributed by atoms with Crippen molar-refractivity contribution in [2.45, 2.75) is 32.6 Å². The first-order chi connectivity index (χ1) is 11.8. The van der Waals surface area contributed by atoms with E-state index in [-0.39, 0.29) is 24.1 Å². The minimum absolute atomic E-state index is 0.0253. The van der Waals surface area contributed by atoms with Crippen molar-refractivity contribution in [1.82, 2.24) is 9.62 Å². The van der Waals surface area contributed by atoms with E-state index in [4.69, 9.17) is 0 Å². The zero-order chi connectivity index (χ0) is 18.0. The maximum absolute atomic E-state index is 12.6. The molecular formula is C18H24N2O4S. The Labute approximate surface area is 148 Å². The molecule has 2 amide bonds. The first kappa shape index (κ1) is 17.9. The summed E-state index contributed by atoms with van der Waals surface area (Å²) in [5.41, 5.74) is 1.67. The lowest BCUT2D eigenvalue weighted by Gasteiger charge is -2.32. The summed E-state index contributed by atoms with van der Waals surface area (Å²) in [7, 11) is -3.56. The number of hydrogen-bond acceptors (Lipinski definition) is 4. The van der Waals surface area contributed by atoms with Crippen LogP contribution in [0.15, 0.2) is 24.3 Å². The molecule has 0 radical (unpaired) electrons. The molecule has 1 aromatic rings. The van der Waals surface area contributed by atoms with Gasteiger partial charge in [0.25, 0.3) is 5.91 Å². The van der Waals surface area contributed by atoms with Gasteiger partial charge in [0.15, 0.2) is 0 Å². The minimum Gasteiger partial charge on any atom is -0.338 e. The summed E-state index contributed by atoms with van der Waals surface area (Å²) in [6.45, 7) is 2.81. The Bertz CT molecular complexity index is 754. The molecule has 1 atom stereocenters. The van der Waals surface area contributed by atoms with Gasteiger partial charge in [0.1, 0.15) is 0 Å². The van der Waals surface area contributed by atoms with Crippen LogP contribution in [0, 0.1) is 18.8 Å². The van der Waals surface area contributed by atoms with Crippen LogP contribution in [0.5, 0.6) is 0 Å². The molecule has 136 valence electrons. The summed E-state index contributed by atoms with van der Waals surface area (Å²) in [5.74, 6) is -0.855. The van der Waals surface area contributed by atoms with E-state index in [1.54, 1.807) is 17.0 Å². The zero-order valence-electron chi connectivity index (χ0n) is 14.4. The van der Waals surface area contributed by atoms with E-state index in [9.17, 15) is 18.0 Å². The number of hydrogen-bond donors (Lipinski definition) is 1. The highest BCUT2D eigenvalue weighted by atomic mass is 32.2. The average molecular weight is 364 g/mol. The number of carbonyl (C=O) groups is 2. The van der Waals surface area contributed by atoms with Crippen LogP contribution in [0.1, 0.15) is 41.6 Å². The second kappa shape index (κ2) is 7.15. The Kier molecular flexibility index (Phi) is 5.13. The number of nitrogens with one attached hydrogen (secondary N) is 1. The Morgan fingerprint density at radius 1 is 1.16 bits per heavy atom. The van der Waals surface area contributed by atoms with Crippen LogP contribution in [0.2, 0.25) is 0 Å². The highest BCUT2D eigenvalue weighted by molar-refractivity contribution is 7.90. The fourth-order valence-electron chi connectivity index (χ4n) is 3.13. The number of piperidine rings is 1. The van der Waals surface area contributed by atoms with Crippen molar-refractivity contribution in [3.8, 4) is 0 Å². The number of carbonyl (C=O) groups excluding carboxylic acids is 2. The van der Waals surface area contributed by atoms with Gasteiger partial charge in [-0.15, -0.1) is 0 Å². The molecule has 25 heavy (non-hydrogen) atoms. The number of sulfonamides is 1. The summed E-state index contributed by atoms with van der Waals surface area (Å²) >= 11 is 0. The molecule has 0 aromatic heterocycles. The van der Waals surface area contributed by atoms with Gasteiger partial charge in [-0.25, -0.2) is 8.42 Å². The Balaban J connectivity index is 1.61. The third-order valence-corrected chi connectivity index (χ3v) is 6.21. The van der Waals surface area contributed by atoms with Gasteiger partial charge >= 0.3 is 0 Å². The molecule has 1 unspecified atom stereocenters. The molecule has 3 rings (SSSR count). The summed E-state index contributed by atoms with van der Waals surface area (Å²) in [4.78, 5) is 26.6. The van der Waals surface area contributed by atoms with E-state index in [2.05, 4.69) is 4.72 Å². The molecule has 1 N–H and O–H groups in total. The van der Waals surface area contributed by atoms with Crippen LogP contribution >= 0.6 is 0 Å². The molecule has 1 saturated heterocycles. The summed E-state index contributed by atoms with van der Waals surface area (Å²) < 4.78 is 26.2. The van der Waals surface area contributed by atoms with Crippen molar-refractivity contribution in [2.24, 2.45) is 11.8 Å². The number of aryl methyl sites for hydroxylation is 1. The first-order valence-corrected chi connectivity index (χ1v) is 10.4. The van der Waals surface area contributed by atoms with Crippen LogP contribution in [0.25, 0.3) is 0 Å². The van der Waals surface area contributed by atoms with Crippen LogP contribution in [0.4, 0.5) is 0 Å². The average Bonchev–Trinajstić information content (AvgIpc) is 3.37. The largest absolute Gasteiger partial charge is 0.338 e. The van der Waals surface area contributed by atoms with Gasteiger partial charge < -0.3 is 4.90 Å². The third-order valence-electron chi connectivity index (χ3n) is 4.79. The normalized spacial score (nSPS) is 21.0. The van der Waals surface area contributed by atoms with Gasteiger partial charge in [-0.1, -0.05) is 17.7 Å². The number of benzene rings is 1. The SMILES string of the molecule is Cc1ccc(C(=O)N2CCCC(C(=O)NS(=O)(=O)CC3CC3)C2)cc1. The Morgan fingerprint density at radius 2 is 1.84 bits per heavy atom. The predicted octanol–water partition coefficient (Wildman–Crippen LogP) is 1.70. The van der Waals surface area contributed by atoms with Gasteiger partial charge in [-0.3, -0.25) is 14.3 Å². The lowest BCUT2D eigenvalue weighted by atomic mass is 9.97. The van der Waals surface area contributed by atoms with Gasteiger partial charge in [0.2, 0.25) is 15.9 Å². The minimum atomic E-state index is -3.56. The topological polar surface area (TPSA) is 83.6 Å². The van der Waals surface area contributed by atoms with E-state index in [0.717, 1.165) is 18.4 Å². The van der Waals surface area contributed by atoms with E-state index in [1.165, 1.54) is 0 Å².